The van der Waals surface area contributed by atoms with Gasteiger partial charge in [0, 0.05) is 37.8 Å². The second-order valence-electron chi connectivity index (χ2n) is 7.50. The van der Waals surface area contributed by atoms with E-state index in [0.717, 1.165) is 37.9 Å². The van der Waals surface area contributed by atoms with E-state index < -0.39 is 0 Å². The van der Waals surface area contributed by atoms with Crippen molar-refractivity contribution in [2.45, 2.75) is 39.2 Å². The minimum atomic E-state index is -0.238. The van der Waals surface area contributed by atoms with Gasteiger partial charge in [-0.1, -0.05) is 56.2 Å². The second-order valence-corrected chi connectivity index (χ2v) is 7.50. The van der Waals surface area contributed by atoms with Crippen LogP contribution in [-0.2, 0) is 6.54 Å². The molecule has 0 radical (unpaired) electrons. The third-order valence-electron chi connectivity index (χ3n) is 5.21. The number of hydrogen-bond acceptors (Lipinski definition) is 4. The lowest BCUT2D eigenvalue weighted by atomic mass is 10.1. The Balaban J connectivity index is 1.68. The smallest absolute Gasteiger partial charge is 0.274 e. The van der Waals surface area contributed by atoms with E-state index in [1.54, 1.807) is 12.1 Å². The molecule has 6 heteroatoms. The fourth-order valence-corrected chi connectivity index (χ4v) is 3.48. The molecule has 2 aromatic carbocycles. The number of carbonyl (C=O) groups is 1. The van der Waals surface area contributed by atoms with Crippen molar-refractivity contribution < 1.29 is 4.79 Å². The molecule has 3 rings (SSSR count). The normalized spacial score (nSPS) is 10.9. The molecule has 0 saturated carbocycles. The highest BCUT2D eigenvalue weighted by atomic mass is 16.2. The van der Waals surface area contributed by atoms with E-state index in [2.05, 4.69) is 34.4 Å². The van der Waals surface area contributed by atoms with Crippen LogP contribution in [0.15, 0.2) is 59.4 Å². The van der Waals surface area contributed by atoms with Crippen LogP contribution in [0.5, 0.6) is 0 Å². The number of carbonyl (C=O) groups excluding carboxylic acids is 1. The number of benzene rings is 2. The van der Waals surface area contributed by atoms with E-state index in [4.69, 9.17) is 0 Å². The highest BCUT2D eigenvalue weighted by molar-refractivity contribution is 6.04. The topological polar surface area (TPSA) is 67.2 Å². The van der Waals surface area contributed by atoms with Crippen LogP contribution in [0, 0.1) is 0 Å². The van der Waals surface area contributed by atoms with Gasteiger partial charge in [0.15, 0.2) is 5.69 Å². The Bertz CT molecular complexity index is 1030. The number of nitrogens with zero attached hydrogens (tertiary/aromatic N) is 3. The van der Waals surface area contributed by atoms with Crippen molar-refractivity contribution in [2.24, 2.45) is 0 Å². The van der Waals surface area contributed by atoms with Gasteiger partial charge in [-0.2, -0.15) is 5.10 Å². The summed E-state index contributed by atoms with van der Waals surface area (Å²) in [6, 6.07) is 17.4. The van der Waals surface area contributed by atoms with E-state index in [0.29, 0.717) is 29.6 Å². The Labute approximate surface area is 177 Å². The van der Waals surface area contributed by atoms with Crippen molar-refractivity contribution in [3.05, 3.63) is 70.6 Å². The van der Waals surface area contributed by atoms with Crippen molar-refractivity contribution in [1.82, 2.24) is 15.1 Å². The van der Waals surface area contributed by atoms with Crippen molar-refractivity contribution in [2.75, 3.05) is 25.0 Å². The predicted octanol–water partition coefficient (Wildman–Crippen LogP) is 3.84. The molecule has 0 saturated heterocycles. The first-order chi connectivity index (χ1) is 14.6. The van der Waals surface area contributed by atoms with Gasteiger partial charge in [0.25, 0.3) is 11.5 Å². The molecule has 0 aliphatic heterocycles. The number of anilines is 1. The van der Waals surface area contributed by atoms with Crippen molar-refractivity contribution in [3.8, 4) is 0 Å². The number of unbranched alkanes of at least 4 members (excludes halogenated alkanes) is 2. The van der Waals surface area contributed by atoms with Gasteiger partial charge in [-0.25, -0.2) is 4.68 Å². The van der Waals surface area contributed by atoms with Crippen LogP contribution >= 0.6 is 0 Å². The minimum absolute atomic E-state index is 0.136. The van der Waals surface area contributed by atoms with Gasteiger partial charge in [-0.3, -0.25) is 9.59 Å². The lowest BCUT2D eigenvalue weighted by Gasteiger charge is -2.19. The summed E-state index contributed by atoms with van der Waals surface area (Å²) in [7, 11) is 2.04. The fraction of sp³-hybridized carbons (Fsp3) is 0.375. The molecular formula is C24H30N4O2. The summed E-state index contributed by atoms with van der Waals surface area (Å²) < 4.78 is 1.44. The summed E-state index contributed by atoms with van der Waals surface area (Å²) in [5.74, 6) is -0.238. The Kier molecular flexibility index (Phi) is 7.60. The average molecular weight is 407 g/mol. The molecule has 0 unspecified atom stereocenters. The summed E-state index contributed by atoms with van der Waals surface area (Å²) in [5.41, 5.74) is 1.33. The molecule has 30 heavy (non-hydrogen) atoms. The molecule has 1 aromatic heterocycles. The zero-order chi connectivity index (χ0) is 21.3. The Morgan fingerprint density at radius 1 is 1.00 bits per heavy atom. The lowest BCUT2D eigenvalue weighted by molar-refractivity contribution is 0.0948. The number of para-hydroxylation sites is 1. The molecule has 1 heterocycles. The number of nitrogens with one attached hydrogen (secondary N) is 1. The number of aromatic nitrogens is 2. The van der Waals surface area contributed by atoms with Gasteiger partial charge in [0.2, 0.25) is 0 Å². The first-order valence-corrected chi connectivity index (χ1v) is 10.7. The molecule has 0 spiro atoms. The van der Waals surface area contributed by atoms with Crippen molar-refractivity contribution in [1.29, 1.82) is 0 Å². The first kappa shape index (κ1) is 21.6. The number of hydrogen-bond donors (Lipinski definition) is 1. The van der Waals surface area contributed by atoms with Crippen LogP contribution in [0.25, 0.3) is 10.8 Å². The molecule has 1 amide bonds. The maximum Gasteiger partial charge on any atom is 0.274 e. The maximum absolute atomic E-state index is 12.9. The third-order valence-corrected chi connectivity index (χ3v) is 5.21. The number of fused-ring (bicyclic) bond motifs is 1. The minimum Gasteiger partial charge on any atom is -0.375 e. The summed E-state index contributed by atoms with van der Waals surface area (Å²) in [4.78, 5) is 27.8. The summed E-state index contributed by atoms with van der Waals surface area (Å²) in [6.45, 7) is 4.01. The van der Waals surface area contributed by atoms with Crippen LogP contribution in [0.2, 0.25) is 0 Å². The van der Waals surface area contributed by atoms with Crippen molar-refractivity contribution in [3.63, 3.8) is 0 Å². The standard InChI is InChI=1S/C24H30N4O2/c1-3-4-10-18-28-24(30)21-15-9-8-14-20(21)22(26-28)23(29)25-16-11-17-27(2)19-12-6-5-7-13-19/h5-9,12-15H,3-4,10-11,16-18H2,1-2H3,(H,25,29). The average Bonchev–Trinajstić information content (AvgIpc) is 2.78. The van der Waals surface area contributed by atoms with Crippen LogP contribution < -0.4 is 15.8 Å². The van der Waals surface area contributed by atoms with E-state index >= 15 is 0 Å². The Morgan fingerprint density at radius 2 is 1.70 bits per heavy atom. The Morgan fingerprint density at radius 3 is 2.43 bits per heavy atom. The fourth-order valence-electron chi connectivity index (χ4n) is 3.48. The molecular weight excluding hydrogens is 376 g/mol. The molecule has 0 aliphatic rings. The predicted molar refractivity (Wildman–Crippen MR) is 122 cm³/mol. The van der Waals surface area contributed by atoms with E-state index in [1.165, 1.54) is 4.68 Å². The van der Waals surface area contributed by atoms with Gasteiger partial charge in [0.1, 0.15) is 0 Å². The Hall–Kier alpha value is -3.15. The van der Waals surface area contributed by atoms with Crippen LogP contribution in [-0.4, -0.2) is 35.8 Å². The summed E-state index contributed by atoms with van der Waals surface area (Å²) in [5, 5.41) is 8.53. The van der Waals surface area contributed by atoms with Crippen LogP contribution in [0.3, 0.4) is 0 Å². The molecule has 3 aromatic rings. The molecule has 0 fully saturated rings. The summed E-state index contributed by atoms with van der Waals surface area (Å²) >= 11 is 0. The zero-order valence-corrected chi connectivity index (χ0v) is 17.8. The van der Waals surface area contributed by atoms with E-state index in [9.17, 15) is 9.59 Å². The maximum atomic E-state index is 12.9. The zero-order valence-electron chi connectivity index (χ0n) is 17.8. The van der Waals surface area contributed by atoms with Gasteiger partial charge < -0.3 is 10.2 Å². The van der Waals surface area contributed by atoms with Crippen LogP contribution in [0.4, 0.5) is 5.69 Å². The number of aryl methyl sites for hydroxylation is 1. The lowest BCUT2D eigenvalue weighted by Crippen LogP contribution is -2.32. The van der Waals surface area contributed by atoms with E-state index in [-0.39, 0.29) is 11.5 Å². The molecule has 0 bridgehead atoms. The van der Waals surface area contributed by atoms with E-state index in [1.807, 2.05) is 37.4 Å². The SMILES string of the molecule is CCCCCn1nc(C(=O)NCCCN(C)c2ccccc2)c2ccccc2c1=O. The monoisotopic (exact) mass is 406 g/mol. The van der Waals surface area contributed by atoms with Gasteiger partial charge >= 0.3 is 0 Å². The molecule has 158 valence electrons. The third kappa shape index (κ3) is 5.26. The highest BCUT2D eigenvalue weighted by Crippen LogP contribution is 2.14. The second kappa shape index (κ2) is 10.6. The van der Waals surface area contributed by atoms with Gasteiger partial charge in [-0.15, -0.1) is 0 Å². The van der Waals surface area contributed by atoms with Crippen LogP contribution in [0.1, 0.15) is 43.1 Å². The number of rotatable bonds is 10. The molecule has 1 N–H and O–H groups in total. The highest BCUT2D eigenvalue weighted by Gasteiger charge is 2.16. The molecule has 0 aliphatic carbocycles. The summed E-state index contributed by atoms with van der Waals surface area (Å²) in [6.07, 6.45) is 3.77. The molecule has 6 nitrogen and oxygen atoms in total. The number of amides is 1. The van der Waals surface area contributed by atoms with Crippen molar-refractivity contribution >= 4 is 22.4 Å². The first-order valence-electron chi connectivity index (χ1n) is 10.7. The largest absolute Gasteiger partial charge is 0.375 e. The van der Waals surface area contributed by atoms with Gasteiger partial charge in [-0.05, 0) is 31.0 Å². The quantitative estimate of drug-likeness (QED) is 0.520. The van der Waals surface area contributed by atoms with Gasteiger partial charge in [0.05, 0.1) is 5.39 Å². The molecule has 0 atom stereocenters.